The first-order valence-corrected chi connectivity index (χ1v) is 7.12. The first-order valence-electron chi connectivity index (χ1n) is 7.12. The fourth-order valence-electron chi connectivity index (χ4n) is 2.56. The van der Waals surface area contributed by atoms with Crippen molar-refractivity contribution in [3.05, 3.63) is 29.8 Å². The van der Waals surface area contributed by atoms with Gasteiger partial charge in [-0.2, -0.15) is 0 Å². The molecular formula is C16H26N2O. The molecule has 1 fully saturated rings. The van der Waals surface area contributed by atoms with E-state index in [4.69, 9.17) is 5.73 Å². The molecule has 3 nitrogen and oxygen atoms in total. The molecule has 1 aromatic carbocycles. The second kappa shape index (κ2) is 5.14. The molecule has 0 spiro atoms. The molecule has 1 heterocycles. The van der Waals surface area contributed by atoms with Gasteiger partial charge in [-0.05, 0) is 36.0 Å². The number of nitrogens with two attached hydrogens (primary N) is 1. The molecule has 0 aliphatic carbocycles. The van der Waals surface area contributed by atoms with Gasteiger partial charge in [0.25, 0.3) is 0 Å². The second-order valence-corrected chi connectivity index (χ2v) is 6.71. The monoisotopic (exact) mass is 262 g/mol. The van der Waals surface area contributed by atoms with Crippen LogP contribution in [0.1, 0.15) is 39.2 Å². The number of piperidine rings is 1. The SMILES string of the molecule is CC(C)(C)c1ccc(N2CCC(O)(CN)CC2)cc1. The zero-order valence-electron chi connectivity index (χ0n) is 12.3. The number of benzene rings is 1. The lowest BCUT2D eigenvalue weighted by atomic mass is 9.87. The average molecular weight is 262 g/mol. The minimum Gasteiger partial charge on any atom is -0.388 e. The number of anilines is 1. The summed E-state index contributed by atoms with van der Waals surface area (Å²) in [6.45, 7) is 8.80. The summed E-state index contributed by atoms with van der Waals surface area (Å²) in [6, 6.07) is 8.79. The highest BCUT2D eigenvalue weighted by atomic mass is 16.3. The maximum absolute atomic E-state index is 10.1. The van der Waals surface area contributed by atoms with Gasteiger partial charge in [-0.25, -0.2) is 0 Å². The van der Waals surface area contributed by atoms with Crippen LogP contribution in [0.2, 0.25) is 0 Å². The standard InChI is InChI=1S/C16H26N2O/c1-15(2,3)13-4-6-14(7-5-13)18-10-8-16(19,12-17)9-11-18/h4-7,19H,8-12,17H2,1-3H3. The Morgan fingerprint density at radius 3 is 2.11 bits per heavy atom. The fourth-order valence-corrected chi connectivity index (χ4v) is 2.56. The Labute approximate surface area is 116 Å². The van der Waals surface area contributed by atoms with Crippen molar-refractivity contribution in [1.29, 1.82) is 0 Å². The predicted octanol–water partition coefficient (Wildman–Crippen LogP) is 2.27. The molecule has 0 radical (unpaired) electrons. The Morgan fingerprint density at radius 2 is 1.68 bits per heavy atom. The molecule has 1 saturated heterocycles. The van der Waals surface area contributed by atoms with E-state index in [1.165, 1.54) is 11.3 Å². The van der Waals surface area contributed by atoms with Crippen LogP contribution in [0, 0.1) is 0 Å². The molecular weight excluding hydrogens is 236 g/mol. The lowest BCUT2D eigenvalue weighted by molar-refractivity contribution is 0.0250. The molecule has 0 bridgehead atoms. The molecule has 106 valence electrons. The van der Waals surface area contributed by atoms with Crippen molar-refractivity contribution in [2.45, 2.75) is 44.6 Å². The van der Waals surface area contributed by atoms with Crippen LogP contribution in [0.3, 0.4) is 0 Å². The Hall–Kier alpha value is -1.06. The molecule has 0 atom stereocenters. The summed E-state index contributed by atoms with van der Waals surface area (Å²) in [7, 11) is 0. The van der Waals surface area contributed by atoms with E-state index in [-0.39, 0.29) is 5.41 Å². The third-order valence-corrected chi connectivity index (χ3v) is 4.17. The van der Waals surface area contributed by atoms with E-state index in [1.54, 1.807) is 0 Å². The molecule has 19 heavy (non-hydrogen) atoms. The van der Waals surface area contributed by atoms with Gasteiger partial charge in [0.15, 0.2) is 0 Å². The van der Waals surface area contributed by atoms with Crippen LogP contribution in [0.4, 0.5) is 5.69 Å². The van der Waals surface area contributed by atoms with Crippen molar-refractivity contribution < 1.29 is 5.11 Å². The Morgan fingerprint density at radius 1 is 1.16 bits per heavy atom. The van der Waals surface area contributed by atoms with Crippen molar-refractivity contribution in [2.24, 2.45) is 5.73 Å². The smallest absolute Gasteiger partial charge is 0.0803 e. The van der Waals surface area contributed by atoms with Crippen molar-refractivity contribution in [2.75, 3.05) is 24.5 Å². The lowest BCUT2D eigenvalue weighted by Crippen LogP contribution is -2.48. The first-order chi connectivity index (χ1) is 8.84. The quantitative estimate of drug-likeness (QED) is 0.859. The summed E-state index contributed by atoms with van der Waals surface area (Å²) in [5, 5.41) is 10.1. The van der Waals surface area contributed by atoms with Crippen LogP contribution in [-0.2, 0) is 5.41 Å². The van der Waals surface area contributed by atoms with Gasteiger partial charge in [0.05, 0.1) is 5.60 Å². The summed E-state index contributed by atoms with van der Waals surface area (Å²) in [6.07, 6.45) is 1.51. The topological polar surface area (TPSA) is 49.5 Å². The molecule has 1 aliphatic heterocycles. The number of hydrogen-bond donors (Lipinski definition) is 2. The summed E-state index contributed by atoms with van der Waals surface area (Å²) in [4.78, 5) is 2.33. The second-order valence-electron chi connectivity index (χ2n) is 6.71. The number of aliphatic hydroxyl groups is 1. The van der Waals surface area contributed by atoms with E-state index >= 15 is 0 Å². The Balaban J connectivity index is 2.04. The normalized spacial score (nSPS) is 19.5. The first kappa shape index (κ1) is 14.4. The van der Waals surface area contributed by atoms with Crippen molar-refractivity contribution in [3.63, 3.8) is 0 Å². The van der Waals surface area contributed by atoms with Crippen LogP contribution in [0.5, 0.6) is 0 Å². The third kappa shape index (κ3) is 3.28. The molecule has 0 amide bonds. The van der Waals surface area contributed by atoms with Crippen LogP contribution >= 0.6 is 0 Å². The number of hydrogen-bond acceptors (Lipinski definition) is 3. The van der Waals surface area contributed by atoms with Crippen LogP contribution in [-0.4, -0.2) is 30.3 Å². The molecule has 1 aromatic rings. The van der Waals surface area contributed by atoms with Gasteiger partial charge < -0.3 is 15.7 Å². The predicted molar refractivity (Wildman–Crippen MR) is 80.6 cm³/mol. The molecule has 2 rings (SSSR count). The highest BCUT2D eigenvalue weighted by Gasteiger charge is 2.30. The van der Waals surface area contributed by atoms with E-state index in [9.17, 15) is 5.11 Å². The van der Waals surface area contributed by atoms with Crippen molar-refractivity contribution in [3.8, 4) is 0 Å². The number of nitrogens with zero attached hydrogens (tertiary/aromatic N) is 1. The number of rotatable bonds is 2. The van der Waals surface area contributed by atoms with Crippen LogP contribution in [0.25, 0.3) is 0 Å². The van der Waals surface area contributed by atoms with Gasteiger partial charge in [0, 0.05) is 25.3 Å². The van der Waals surface area contributed by atoms with Gasteiger partial charge in [-0.1, -0.05) is 32.9 Å². The molecule has 3 heteroatoms. The molecule has 0 unspecified atom stereocenters. The van der Waals surface area contributed by atoms with E-state index in [0.717, 1.165) is 25.9 Å². The van der Waals surface area contributed by atoms with Gasteiger partial charge >= 0.3 is 0 Å². The van der Waals surface area contributed by atoms with Crippen LogP contribution in [0.15, 0.2) is 24.3 Å². The maximum Gasteiger partial charge on any atom is 0.0803 e. The summed E-state index contributed by atoms with van der Waals surface area (Å²) < 4.78 is 0. The molecule has 0 saturated carbocycles. The fraction of sp³-hybridized carbons (Fsp3) is 0.625. The van der Waals surface area contributed by atoms with Gasteiger partial charge in [-0.15, -0.1) is 0 Å². The summed E-state index contributed by atoms with van der Waals surface area (Å²) >= 11 is 0. The Bertz CT molecular complexity index is 411. The van der Waals surface area contributed by atoms with Gasteiger partial charge in [0.1, 0.15) is 0 Å². The van der Waals surface area contributed by atoms with E-state index in [1.807, 2.05) is 0 Å². The Kier molecular flexibility index (Phi) is 3.88. The largest absolute Gasteiger partial charge is 0.388 e. The van der Waals surface area contributed by atoms with Crippen molar-refractivity contribution in [1.82, 2.24) is 0 Å². The molecule has 0 aromatic heterocycles. The summed E-state index contributed by atoms with van der Waals surface area (Å²) in [5.74, 6) is 0. The highest BCUT2D eigenvalue weighted by molar-refractivity contribution is 5.49. The zero-order chi connectivity index (χ0) is 14.1. The highest BCUT2D eigenvalue weighted by Crippen LogP contribution is 2.28. The van der Waals surface area contributed by atoms with E-state index in [2.05, 4.69) is 49.9 Å². The lowest BCUT2D eigenvalue weighted by Gasteiger charge is -2.38. The summed E-state index contributed by atoms with van der Waals surface area (Å²) in [5.41, 5.74) is 7.76. The van der Waals surface area contributed by atoms with Gasteiger partial charge in [0.2, 0.25) is 0 Å². The van der Waals surface area contributed by atoms with Crippen molar-refractivity contribution >= 4 is 5.69 Å². The third-order valence-electron chi connectivity index (χ3n) is 4.17. The van der Waals surface area contributed by atoms with E-state index < -0.39 is 5.60 Å². The van der Waals surface area contributed by atoms with Gasteiger partial charge in [-0.3, -0.25) is 0 Å². The van der Waals surface area contributed by atoms with Crippen LogP contribution < -0.4 is 10.6 Å². The zero-order valence-corrected chi connectivity index (χ0v) is 12.3. The minimum atomic E-state index is -0.651. The minimum absolute atomic E-state index is 0.195. The van der Waals surface area contributed by atoms with E-state index in [0.29, 0.717) is 6.54 Å². The average Bonchev–Trinajstić information content (AvgIpc) is 2.39. The molecule has 1 aliphatic rings. The molecule has 3 N–H and O–H groups in total. The maximum atomic E-state index is 10.1.